The van der Waals surface area contributed by atoms with Crippen LogP contribution in [0.1, 0.15) is 10.4 Å². The Kier molecular flexibility index (Phi) is 3.95. The Morgan fingerprint density at radius 3 is 2.57 bits per heavy atom. The van der Waals surface area contributed by atoms with E-state index in [-0.39, 0.29) is 5.97 Å². The SMILES string of the molecule is COC(=O)C(Br)c1ccccc1OC. The van der Waals surface area contributed by atoms with Gasteiger partial charge in [-0.3, -0.25) is 4.79 Å². The second-order valence-corrected chi connectivity index (χ2v) is 3.54. The first-order valence-electron chi connectivity index (χ1n) is 4.05. The molecule has 0 spiro atoms. The minimum Gasteiger partial charge on any atom is -0.496 e. The largest absolute Gasteiger partial charge is 0.496 e. The molecule has 0 aliphatic carbocycles. The topological polar surface area (TPSA) is 35.5 Å². The van der Waals surface area contributed by atoms with Gasteiger partial charge in [-0.15, -0.1) is 0 Å². The van der Waals surface area contributed by atoms with Gasteiger partial charge >= 0.3 is 5.97 Å². The molecule has 0 aromatic heterocycles. The Balaban J connectivity index is 2.99. The summed E-state index contributed by atoms with van der Waals surface area (Å²) in [7, 11) is 2.92. The molecule has 3 nitrogen and oxygen atoms in total. The van der Waals surface area contributed by atoms with Gasteiger partial charge in [-0.25, -0.2) is 0 Å². The summed E-state index contributed by atoms with van der Waals surface area (Å²) in [5, 5.41) is 0. The fourth-order valence-electron chi connectivity index (χ4n) is 1.11. The molecule has 0 radical (unpaired) electrons. The third kappa shape index (κ3) is 2.26. The Hall–Kier alpha value is -1.03. The fraction of sp³-hybridized carbons (Fsp3) is 0.300. The summed E-state index contributed by atoms with van der Waals surface area (Å²) in [4.78, 5) is 10.8. The van der Waals surface area contributed by atoms with Gasteiger partial charge < -0.3 is 9.47 Å². The van der Waals surface area contributed by atoms with E-state index in [4.69, 9.17) is 4.74 Å². The molecule has 0 N–H and O–H groups in total. The van der Waals surface area contributed by atoms with Crippen molar-refractivity contribution in [1.29, 1.82) is 0 Å². The number of benzene rings is 1. The number of ether oxygens (including phenoxy) is 2. The van der Waals surface area contributed by atoms with E-state index in [2.05, 4.69) is 20.7 Å². The predicted octanol–water partition coefficient (Wildman–Crippen LogP) is 2.30. The average molecular weight is 259 g/mol. The quantitative estimate of drug-likeness (QED) is 0.617. The van der Waals surface area contributed by atoms with Gasteiger partial charge in [-0.2, -0.15) is 0 Å². The first kappa shape index (κ1) is 11.0. The standard InChI is InChI=1S/C10H11BrO3/c1-13-8-6-4-3-5-7(8)9(11)10(12)14-2/h3-6,9H,1-2H3. The van der Waals surface area contributed by atoms with Crippen molar-refractivity contribution in [3.63, 3.8) is 0 Å². The number of hydrogen-bond donors (Lipinski definition) is 0. The molecule has 1 aromatic rings. The number of esters is 1. The molecule has 1 atom stereocenters. The number of carbonyl (C=O) groups excluding carboxylic acids is 1. The monoisotopic (exact) mass is 258 g/mol. The number of methoxy groups -OCH3 is 2. The molecule has 1 unspecified atom stereocenters. The highest BCUT2D eigenvalue weighted by molar-refractivity contribution is 9.09. The molecular formula is C10H11BrO3. The summed E-state index contributed by atoms with van der Waals surface area (Å²) >= 11 is 3.25. The number of rotatable bonds is 3. The average Bonchev–Trinajstić information content (AvgIpc) is 2.26. The first-order chi connectivity index (χ1) is 6.70. The van der Waals surface area contributed by atoms with Crippen LogP contribution in [-0.4, -0.2) is 20.2 Å². The Labute approximate surface area is 91.1 Å². The van der Waals surface area contributed by atoms with Gasteiger partial charge in [0.25, 0.3) is 0 Å². The summed E-state index contributed by atoms with van der Waals surface area (Å²) in [6.45, 7) is 0. The summed E-state index contributed by atoms with van der Waals surface area (Å²) in [6, 6.07) is 7.30. The highest BCUT2D eigenvalue weighted by Gasteiger charge is 2.20. The van der Waals surface area contributed by atoms with Crippen molar-refractivity contribution < 1.29 is 14.3 Å². The van der Waals surface area contributed by atoms with E-state index in [0.717, 1.165) is 5.56 Å². The number of halogens is 1. The molecule has 0 aliphatic heterocycles. The first-order valence-corrected chi connectivity index (χ1v) is 4.97. The van der Waals surface area contributed by atoms with Crippen molar-refractivity contribution in [2.45, 2.75) is 4.83 Å². The molecule has 0 amide bonds. The lowest BCUT2D eigenvalue weighted by Gasteiger charge is -2.11. The normalized spacial score (nSPS) is 11.9. The molecule has 0 aliphatic rings. The Morgan fingerprint density at radius 1 is 1.36 bits per heavy atom. The lowest BCUT2D eigenvalue weighted by Crippen LogP contribution is -2.09. The van der Waals surface area contributed by atoms with Crippen LogP contribution in [0, 0.1) is 0 Å². The van der Waals surface area contributed by atoms with E-state index < -0.39 is 4.83 Å². The van der Waals surface area contributed by atoms with E-state index in [0.29, 0.717) is 5.75 Å². The third-order valence-corrected chi connectivity index (χ3v) is 2.69. The molecule has 1 aromatic carbocycles. The molecule has 0 fully saturated rings. The summed E-state index contributed by atoms with van der Waals surface area (Å²) < 4.78 is 9.75. The van der Waals surface area contributed by atoms with E-state index in [1.165, 1.54) is 7.11 Å². The van der Waals surface area contributed by atoms with Crippen LogP contribution in [0.15, 0.2) is 24.3 Å². The van der Waals surface area contributed by atoms with Crippen LogP contribution in [0.2, 0.25) is 0 Å². The van der Waals surface area contributed by atoms with Crippen molar-refractivity contribution in [2.75, 3.05) is 14.2 Å². The van der Waals surface area contributed by atoms with Gasteiger partial charge in [-0.05, 0) is 6.07 Å². The van der Waals surface area contributed by atoms with Crippen molar-refractivity contribution in [3.8, 4) is 5.75 Å². The van der Waals surface area contributed by atoms with E-state index in [1.807, 2.05) is 18.2 Å². The van der Waals surface area contributed by atoms with Crippen molar-refractivity contribution in [3.05, 3.63) is 29.8 Å². The van der Waals surface area contributed by atoms with E-state index >= 15 is 0 Å². The molecule has 4 heteroatoms. The van der Waals surface area contributed by atoms with Gasteiger partial charge in [0.2, 0.25) is 0 Å². The predicted molar refractivity (Wildman–Crippen MR) is 56.7 cm³/mol. The highest BCUT2D eigenvalue weighted by atomic mass is 79.9. The summed E-state index contributed by atoms with van der Waals surface area (Å²) in [6.07, 6.45) is 0. The molecule has 0 saturated carbocycles. The fourth-order valence-corrected chi connectivity index (χ4v) is 1.67. The van der Waals surface area contributed by atoms with E-state index in [9.17, 15) is 4.79 Å². The van der Waals surface area contributed by atoms with Gasteiger partial charge in [0.15, 0.2) is 0 Å². The lowest BCUT2D eigenvalue weighted by molar-refractivity contribution is -0.139. The molecule has 1 rings (SSSR count). The van der Waals surface area contributed by atoms with Crippen LogP contribution in [0.4, 0.5) is 0 Å². The number of carbonyl (C=O) groups is 1. The molecule has 0 bridgehead atoms. The van der Waals surface area contributed by atoms with Crippen molar-refractivity contribution in [2.24, 2.45) is 0 Å². The number of hydrogen-bond acceptors (Lipinski definition) is 3. The Bertz CT molecular complexity index is 325. The maximum Gasteiger partial charge on any atom is 0.324 e. The lowest BCUT2D eigenvalue weighted by atomic mass is 10.1. The summed E-state index contributed by atoms with van der Waals surface area (Å²) in [5.74, 6) is 0.328. The minimum absolute atomic E-state index is 0.338. The molecule has 0 saturated heterocycles. The molecule has 0 heterocycles. The Morgan fingerprint density at radius 2 is 2.00 bits per heavy atom. The molecule has 76 valence electrons. The van der Waals surface area contributed by atoms with Crippen LogP contribution in [-0.2, 0) is 9.53 Å². The summed E-state index contributed by atoms with van der Waals surface area (Å²) in [5.41, 5.74) is 0.766. The second kappa shape index (κ2) is 5.00. The van der Waals surface area contributed by atoms with Crippen molar-refractivity contribution in [1.82, 2.24) is 0 Å². The van der Waals surface area contributed by atoms with Crippen LogP contribution in [0.25, 0.3) is 0 Å². The van der Waals surface area contributed by atoms with Crippen LogP contribution in [0.5, 0.6) is 5.75 Å². The maximum absolute atomic E-state index is 11.3. The second-order valence-electron chi connectivity index (χ2n) is 2.63. The maximum atomic E-state index is 11.3. The van der Waals surface area contributed by atoms with Crippen LogP contribution in [0.3, 0.4) is 0 Å². The zero-order chi connectivity index (χ0) is 10.6. The third-order valence-electron chi connectivity index (χ3n) is 1.82. The number of para-hydroxylation sites is 1. The smallest absolute Gasteiger partial charge is 0.324 e. The zero-order valence-corrected chi connectivity index (χ0v) is 9.58. The number of alkyl halides is 1. The molecular weight excluding hydrogens is 248 g/mol. The highest BCUT2D eigenvalue weighted by Crippen LogP contribution is 2.31. The van der Waals surface area contributed by atoms with Gasteiger partial charge in [-0.1, -0.05) is 34.1 Å². The van der Waals surface area contributed by atoms with Crippen LogP contribution < -0.4 is 4.74 Å². The van der Waals surface area contributed by atoms with E-state index in [1.54, 1.807) is 13.2 Å². The minimum atomic E-state index is -0.483. The van der Waals surface area contributed by atoms with Crippen molar-refractivity contribution >= 4 is 21.9 Å². The van der Waals surface area contributed by atoms with Crippen LogP contribution >= 0.6 is 15.9 Å². The van der Waals surface area contributed by atoms with Gasteiger partial charge in [0, 0.05) is 5.56 Å². The van der Waals surface area contributed by atoms with Gasteiger partial charge in [0.1, 0.15) is 10.6 Å². The molecule has 14 heavy (non-hydrogen) atoms. The van der Waals surface area contributed by atoms with Gasteiger partial charge in [0.05, 0.1) is 14.2 Å². The zero-order valence-electron chi connectivity index (χ0n) is 7.99.